The Morgan fingerprint density at radius 1 is 1.46 bits per heavy atom. The van der Waals surface area contributed by atoms with Gasteiger partial charge in [-0.05, 0) is 42.7 Å². The average Bonchev–Trinajstić information content (AvgIpc) is 3.09. The van der Waals surface area contributed by atoms with Crippen molar-refractivity contribution in [2.45, 2.75) is 41.3 Å². The monoisotopic (exact) mass is 423 g/mol. The fraction of sp³-hybridized carbons (Fsp3) is 0.412. The number of nitro groups is 1. The van der Waals surface area contributed by atoms with Crippen molar-refractivity contribution < 1.29 is 13.3 Å². The predicted molar refractivity (Wildman–Crippen MR) is 105 cm³/mol. The van der Waals surface area contributed by atoms with E-state index in [0.717, 1.165) is 30.7 Å². The molecule has 28 heavy (non-hydrogen) atoms. The van der Waals surface area contributed by atoms with Crippen molar-refractivity contribution in [1.29, 1.82) is 0 Å². The summed E-state index contributed by atoms with van der Waals surface area (Å²) >= 11 is 1.06. The van der Waals surface area contributed by atoms with E-state index in [9.17, 15) is 18.5 Å². The van der Waals surface area contributed by atoms with Crippen molar-refractivity contribution in [2.24, 2.45) is 5.92 Å². The molecular formula is C17H21N5O4S2. The van der Waals surface area contributed by atoms with Gasteiger partial charge in [-0.1, -0.05) is 13.0 Å². The van der Waals surface area contributed by atoms with Crippen LogP contribution >= 0.6 is 11.8 Å². The molecule has 3 rings (SSSR count). The molecule has 1 saturated heterocycles. The maximum Gasteiger partial charge on any atom is 0.284 e. The molecule has 1 atom stereocenters. The SMILES string of the molecule is C=CCn1cnnc1Sc1ccc(S(=O)(=O)N2CCCC(C)C2)cc1[N+](=O)[O-]. The summed E-state index contributed by atoms with van der Waals surface area (Å²) < 4.78 is 29.0. The van der Waals surface area contributed by atoms with E-state index in [2.05, 4.69) is 16.8 Å². The molecule has 1 aliphatic rings. The van der Waals surface area contributed by atoms with Gasteiger partial charge in [0.25, 0.3) is 5.69 Å². The standard InChI is InChI=1S/C17H21N5O4S2/c1-3-8-20-12-18-19-17(20)27-16-7-6-14(10-15(16)22(23)24)28(25,26)21-9-4-5-13(2)11-21/h3,6-7,10,12-13H,1,4-5,8-9,11H2,2H3. The number of piperidine rings is 1. The summed E-state index contributed by atoms with van der Waals surface area (Å²) in [5.41, 5.74) is -0.274. The topological polar surface area (TPSA) is 111 Å². The van der Waals surface area contributed by atoms with Gasteiger partial charge in [-0.15, -0.1) is 16.8 Å². The molecule has 150 valence electrons. The number of nitro benzene ring substituents is 1. The van der Waals surface area contributed by atoms with Crippen molar-refractivity contribution in [3.05, 3.63) is 47.3 Å². The second kappa shape index (κ2) is 8.41. The molecule has 11 heteroatoms. The van der Waals surface area contributed by atoms with E-state index in [4.69, 9.17) is 0 Å². The van der Waals surface area contributed by atoms with Crippen LogP contribution in [0.1, 0.15) is 19.8 Å². The fourth-order valence-corrected chi connectivity index (χ4v) is 5.60. The summed E-state index contributed by atoms with van der Waals surface area (Å²) in [6.45, 7) is 6.98. The van der Waals surface area contributed by atoms with Gasteiger partial charge in [0.15, 0.2) is 5.16 Å². The van der Waals surface area contributed by atoms with Crippen molar-refractivity contribution in [3.63, 3.8) is 0 Å². The third kappa shape index (κ3) is 4.26. The largest absolute Gasteiger partial charge is 0.304 e. The molecule has 0 N–H and O–H groups in total. The van der Waals surface area contributed by atoms with Crippen LogP contribution in [0.25, 0.3) is 0 Å². The summed E-state index contributed by atoms with van der Waals surface area (Å²) in [4.78, 5) is 11.3. The quantitative estimate of drug-likeness (QED) is 0.382. The first-order valence-corrected chi connectivity index (χ1v) is 11.0. The fourth-order valence-electron chi connectivity index (χ4n) is 3.09. The summed E-state index contributed by atoms with van der Waals surface area (Å²) in [6, 6.07) is 4.00. The Kier molecular flexibility index (Phi) is 6.16. The lowest BCUT2D eigenvalue weighted by atomic mass is 10.0. The Labute approximate surface area is 167 Å². The molecule has 2 aromatic rings. The Morgan fingerprint density at radius 2 is 2.25 bits per heavy atom. The summed E-state index contributed by atoms with van der Waals surface area (Å²) in [5.74, 6) is 0.268. The van der Waals surface area contributed by atoms with Gasteiger partial charge >= 0.3 is 0 Å². The van der Waals surface area contributed by atoms with Gasteiger partial charge in [-0.3, -0.25) is 10.1 Å². The van der Waals surface area contributed by atoms with Crippen LogP contribution in [-0.4, -0.2) is 45.5 Å². The number of aromatic nitrogens is 3. The maximum atomic E-state index is 12.9. The van der Waals surface area contributed by atoms with Gasteiger partial charge in [0, 0.05) is 25.7 Å². The second-order valence-corrected chi connectivity index (χ2v) is 9.60. The minimum absolute atomic E-state index is 0.0646. The van der Waals surface area contributed by atoms with E-state index >= 15 is 0 Å². The average molecular weight is 424 g/mol. The Bertz CT molecular complexity index is 989. The van der Waals surface area contributed by atoms with Gasteiger partial charge < -0.3 is 4.57 Å². The van der Waals surface area contributed by atoms with Gasteiger partial charge in [-0.2, -0.15) is 4.31 Å². The molecule has 1 aromatic carbocycles. The zero-order chi connectivity index (χ0) is 20.3. The first kappa shape index (κ1) is 20.5. The van der Waals surface area contributed by atoms with Crippen LogP contribution in [0, 0.1) is 16.0 Å². The van der Waals surface area contributed by atoms with Crippen LogP contribution < -0.4 is 0 Å². The van der Waals surface area contributed by atoms with E-state index in [-0.39, 0.29) is 16.5 Å². The highest BCUT2D eigenvalue weighted by atomic mass is 32.2. The Hall–Kier alpha value is -2.24. The lowest BCUT2D eigenvalue weighted by Gasteiger charge is -2.30. The number of rotatable bonds is 7. The highest BCUT2D eigenvalue weighted by Gasteiger charge is 2.31. The van der Waals surface area contributed by atoms with E-state index in [0.29, 0.717) is 29.7 Å². The van der Waals surface area contributed by atoms with Crippen LogP contribution in [0.15, 0.2) is 52.1 Å². The highest BCUT2D eigenvalue weighted by molar-refractivity contribution is 7.99. The van der Waals surface area contributed by atoms with Gasteiger partial charge in [-0.25, -0.2) is 8.42 Å². The summed E-state index contributed by atoms with van der Waals surface area (Å²) in [7, 11) is -3.77. The summed E-state index contributed by atoms with van der Waals surface area (Å²) in [6.07, 6.45) is 4.94. The van der Waals surface area contributed by atoms with Crippen molar-refractivity contribution in [3.8, 4) is 0 Å². The van der Waals surface area contributed by atoms with Gasteiger partial charge in [0.2, 0.25) is 10.0 Å². The number of nitrogens with zero attached hydrogens (tertiary/aromatic N) is 5. The smallest absolute Gasteiger partial charge is 0.284 e. The van der Waals surface area contributed by atoms with Crippen LogP contribution in [0.5, 0.6) is 0 Å². The first-order valence-electron chi connectivity index (χ1n) is 8.78. The minimum atomic E-state index is -3.77. The Morgan fingerprint density at radius 3 is 2.93 bits per heavy atom. The number of sulfonamides is 1. The third-order valence-electron chi connectivity index (χ3n) is 4.49. The van der Waals surface area contributed by atoms with E-state index in [1.165, 1.54) is 22.8 Å². The number of hydrogen-bond acceptors (Lipinski definition) is 7. The molecule has 9 nitrogen and oxygen atoms in total. The molecule has 0 bridgehead atoms. The second-order valence-electron chi connectivity index (χ2n) is 6.65. The number of hydrogen-bond donors (Lipinski definition) is 0. The highest BCUT2D eigenvalue weighted by Crippen LogP contribution is 2.36. The number of benzene rings is 1. The van der Waals surface area contributed by atoms with E-state index in [1.54, 1.807) is 10.6 Å². The van der Waals surface area contributed by atoms with Crippen molar-refractivity contribution in [1.82, 2.24) is 19.1 Å². The molecule has 2 heterocycles. The van der Waals surface area contributed by atoms with Crippen LogP contribution in [0.4, 0.5) is 5.69 Å². The zero-order valence-electron chi connectivity index (χ0n) is 15.4. The van der Waals surface area contributed by atoms with Crippen molar-refractivity contribution >= 4 is 27.5 Å². The molecule has 1 aromatic heterocycles. The lowest BCUT2D eigenvalue weighted by molar-refractivity contribution is -0.388. The molecule has 0 radical (unpaired) electrons. The molecule has 1 fully saturated rings. The predicted octanol–water partition coefficient (Wildman–Crippen LogP) is 2.94. The number of allylic oxidation sites excluding steroid dienone is 1. The van der Waals surface area contributed by atoms with Gasteiger partial charge in [0.05, 0.1) is 14.7 Å². The molecule has 0 saturated carbocycles. The molecule has 0 amide bonds. The van der Waals surface area contributed by atoms with E-state index < -0.39 is 14.9 Å². The van der Waals surface area contributed by atoms with Crippen LogP contribution in [-0.2, 0) is 16.6 Å². The van der Waals surface area contributed by atoms with Gasteiger partial charge in [0.1, 0.15) is 6.33 Å². The van der Waals surface area contributed by atoms with E-state index in [1.807, 2.05) is 6.92 Å². The molecule has 1 unspecified atom stereocenters. The zero-order valence-corrected chi connectivity index (χ0v) is 17.0. The lowest BCUT2D eigenvalue weighted by Crippen LogP contribution is -2.39. The maximum absolute atomic E-state index is 12.9. The van der Waals surface area contributed by atoms with Crippen LogP contribution in [0.3, 0.4) is 0 Å². The minimum Gasteiger partial charge on any atom is -0.304 e. The molecule has 0 spiro atoms. The molecule has 0 aliphatic carbocycles. The molecule has 1 aliphatic heterocycles. The molecular weight excluding hydrogens is 402 g/mol. The van der Waals surface area contributed by atoms with Crippen molar-refractivity contribution in [2.75, 3.05) is 13.1 Å². The van der Waals surface area contributed by atoms with Crippen LogP contribution in [0.2, 0.25) is 0 Å². The summed E-state index contributed by atoms with van der Waals surface area (Å²) in [5, 5.41) is 19.8. The first-order chi connectivity index (χ1) is 13.3. The normalized spacial score (nSPS) is 18.1. The third-order valence-corrected chi connectivity index (χ3v) is 7.42. The Balaban J connectivity index is 1.94.